The maximum Gasteiger partial charge on any atom is 0.274 e. The molecule has 2 rings (SSSR count). The molecule has 17 heavy (non-hydrogen) atoms. The number of aryl methyl sites for hydroxylation is 1. The third-order valence-electron chi connectivity index (χ3n) is 3.08. The Labute approximate surface area is 102 Å². The van der Waals surface area contributed by atoms with Crippen LogP contribution < -0.4 is 5.32 Å². The summed E-state index contributed by atoms with van der Waals surface area (Å²) in [6, 6.07) is 2.53. The molecule has 1 fully saturated rings. The molecule has 2 N–H and O–H groups in total. The molecule has 0 aromatic carbocycles. The average Bonchev–Trinajstić information content (AvgIpc) is 2.75. The van der Waals surface area contributed by atoms with Crippen molar-refractivity contribution in [2.24, 2.45) is 0 Å². The van der Waals surface area contributed by atoms with Crippen LogP contribution in [0, 0.1) is 0 Å². The van der Waals surface area contributed by atoms with E-state index in [9.17, 15) is 4.79 Å². The van der Waals surface area contributed by atoms with Gasteiger partial charge in [0.2, 0.25) is 0 Å². The highest BCUT2D eigenvalue weighted by molar-refractivity contribution is 5.92. The zero-order valence-electron chi connectivity index (χ0n) is 10.7. The van der Waals surface area contributed by atoms with Gasteiger partial charge in [0.25, 0.3) is 5.91 Å². The third-order valence-corrected chi connectivity index (χ3v) is 3.08. The van der Waals surface area contributed by atoms with Crippen molar-refractivity contribution in [1.29, 1.82) is 0 Å². The van der Waals surface area contributed by atoms with Crippen molar-refractivity contribution in [3.8, 4) is 0 Å². The summed E-state index contributed by atoms with van der Waals surface area (Å²) >= 11 is 0. The van der Waals surface area contributed by atoms with E-state index in [0.29, 0.717) is 17.8 Å². The maximum absolute atomic E-state index is 12.2. The van der Waals surface area contributed by atoms with Gasteiger partial charge in [0, 0.05) is 30.9 Å². The fourth-order valence-corrected chi connectivity index (χ4v) is 2.31. The van der Waals surface area contributed by atoms with Crippen LogP contribution in [0.1, 0.15) is 37.0 Å². The number of nitrogens with zero attached hydrogens (tertiary/aromatic N) is 2. The number of H-pyrrole nitrogens is 1. The number of rotatable bonds is 2. The number of carbonyl (C=O) groups excluding carboxylic acids is 1. The van der Waals surface area contributed by atoms with Crippen molar-refractivity contribution in [3.63, 3.8) is 0 Å². The Morgan fingerprint density at radius 1 is 1.47 bits per heavy atom. The minimum Gasteiger partial charge on any atom is -0.334 e. The molecule has 0 saturated carbocycles. The van der Waals surface area contributed by atoms with Gasteiger partial charge in [-0.15, -0.1) is 0 Å². The Morgan fingerprint density at radius 3 is 2.65 bits per heavy atom. The summed E-state index contributed by atoms with van der Waals surface area (Å²) < 4.78 is 0. The van der Waals surface area contributed by atoms with Gasteiger partial charge in [0.05, 0.1) is 0 Å². The molecule has 5 heteroatoms. The molecule has 1 aromatic heterocycles. The fraction of sp³-hybridized carbons (Fsp3) is 0.667. The molecule has 0 bridgehead atoms. The molecule has 0 unspecified atom stereocenters. The second-order valence-corrected chi connectivity index (χ2v) is 4.81. The van der Waals surface area contributed by atoms with E-state index in [4.69, 9.17) is 0 Å². The maximum atomic E-state index is 12.2. The van der Waals surface area contributed by atoms with Crippen LogP contribution in [-0.2, 0) is 6.42 Å². The molecule has 1 aliphatic heterocycles. The Kier molecular flexibility index (Phi) is 3.47. The Bertz CT molecular complexity index is 391. The molecule has 1 aliphatic rings. The van der Waals surface area contributed by atoms with Crippen LogP contribution >= 0.6 is 0 Å². The van der Waals surface area contributed by atoms with Gasteiger partial charge in [-0.1, -0.05) is 6.92 Å². The van der Waals surface area contributed by atoms with E-state index in [1.807, 2.05) is 17.9 Å². The minimum absolute atomic E-state index is 0.0288. The second kappa shape index (κ2) is 4.87. The summed E-state index contributed by atoms with van der Waals surface area (Å²) in [6.07, 6.45) is 0.870. The Balaban J connectivity index is 2.08. The van der Waals surface area contributed by atoms with Gasteiger partial charge in [0.1, 0.15) is 5.69 Å². The van der Waals surface area contributed by atoms with Crippen LogP contribution in [0.15, 0.2) is 6.07 Å². The standard InChI is InChI=1S/C12H20N4O/c1-4-10-5-11(15-14-10)12(17)16-6-8(2)13-9(3)7-16/h5,8-9,13H,4,6-7H2,1-3H3,(H,14,15)/t8-,9+. The van der Waals surface area contributed by atoms with Crippen LogP contribution in [0.4, 0.5) is 0 Å². The van der Waals surface area contributed by atoms with Crippen molar-refractivity contribution < 1.29 is 4.79 Å². The zero-order valence-corrected chi connectivity index (χ0v) is 10.7. The summed E-state index contributed by atoms with van der Waals surface area (Å²) in [6.45, 7) is 7.72. The number of piperazine rings is 1. The predicted molar refractivity (Wildman–Crippen MR) is 65.9 cm³/mol. The van der Waals surface area contributed by atoms with Crippen LogP contribution in [-0.4, -0.2) is 46.2 Å². The molecule has 2 atom stereocenters. The average molecular weight is 236 g/mol. The van der Waals surface area contributed by atoms with Gasteiger partial charge in [-0.25, -0.2) is 0 Å². The SMILES string of the molecule is CCc1cc(C(=O)N2C[C@@H](C)N[C@@H](C)C2)n[nH]1. The lowest BCUT2D eigenvalue weighted by Crippen LogP contribution is -2.55. The lowest BCUT2D eigenvalue weighted by molar-refractivity contribution is 0.0668. The van der Waals surface area contributed by atoms with E-state index in [-0.39, 0.29) is 5.91 Å². The van der Waals surface area contributed by atoms with Crippen LogP contribution in [0.2, 0.25) is 0 Å². The monoisotopic (exact) mass is 236 g/mol. The largest absolute Gasteiger partial charge is 0.334 e. The first kappa shape index (κ1) is 12.1. The van der Waals surface area contributed by atoms with Gasteiger partial charge < -0.3 is 10.2 Å². The first-order chi connectivity index (χ1) is 8.10. The molecular weight excluding hydrogens is 216 g/mol. The zero-order chi connectivity index (χ0) is 12.4. The topological polar surface area (TPSA) is 61.0 Å². The number of aromatic amines is 1. The van der Waals surface area contributed by atoms with E-state index in [2.05, 4.69) is 29.4 Å². The molecule has 0 spiro atoms. The number of hydrogen-bond acceptors (Lipinski definition) is 3. The molecule has 5 nitrogen and oxygen atoms in total. The summed E-state index contributed by atoms with van der Waals surface area (Å²) in [5.41, 5.74) is 1.53. The van der Waals surface area contributed by atoms with E-state index < -0.39 is 0 Å². The lowest BCUT2D eigenvalue weighted by atomic mass is 10.1. The highest BCUT2D eigenvalue weighted by atomic mass is 16.2. The number of amides is 1. The third kappa shape index (κ3) is 2.66. The van der Waals surface area contributed by atoms with Crippen LogP contribution in [0.5, 0.6) is 0 Å². The second-order valence-electron chi connectivity index (χ2n) is 4.81. The molecule has 0 aliphatic carbocycles. The normalized spacial score (nSPS) is 25.0. The van der Waals surface area contributed by atoms with Gasteiger partial charge in [-0.05, 0) is 26.3 Å². The molecule has 1 saturated heterocycles. The molecule has 0 radical (unpaired) electrons. The number of carbonyl (C=O) groups is 1. The van der Waals surface area contributed by atoms with Crippen LogP contribution in [0.3, 0.4) is 0 Å². The first-order valence-corrected chi connectivity index (χ1v) is 6.19. The summed E-state index contributed by atoms with van der Waals surface area (Å²) in [5, 5.41) is 10.4. The smallest absolute Gasteiger partial charge is 0.274 e. The fourth-order valence-electron chi connectivity index (χ4n) is 2.31. The van der Waals surface area contributed by atoms with Gasteiger partial charge in [0.15, 0.2) is 0 Å². The molecular formula is C12H20N4O. The van der Waals surface area contributed by atoms with Crippen molar-refractivity contribution in [2.75, 3.05) is 13.1 Å². The predicted octanol–water partition coefficient (Wildman–Crippen LogP) is 0.794. The highest BCUT2D eigenvalue weighted by Gasteiger charge is 2.26. The van der Waals surface area contributed by atoms with Crippen molar-refractivity contribution in [2.45, 2.75) is 39.3 Å². The van der Waals surface area contributed by atoms with Crippen LogP contribution in [0.25, 0.3) is 0 Å². The number of aromatic nitrogens is 2. The first-order valence-electron chi connectivity index (χ1n) is 6.19. The van der Waals surface area contributed by atoms with Crippen molar-refractivity contribution >= 4 is 5.91 Å². The van der Waals surface area contributed by atoms with E-state index in [1.165, 1.54) is 0 Å². The lowest BCUT2D eigenvalue weighted by Gasteiger charge is -2.35. The minimum atomic E-state index is 0.0288. The van der Waals surface area contributed by atoms with E-state index >= 15 is 0 Å². The van der Waals surface area contributed by atoms with Crippen molar-refractivity contribution in [1.82, 2.24) is 20.4 Å². The van der Waals surface area contributed by atoms with Gasteiger partial charge in [-0.2, -0.15) is 5.10 Å². The number of hydrogen-bond donors (Lipinski definition) is 2. The quantitative estimate of drug-likeness (QED) is 0.798. The summed E-state index contributed by atoms with van der Waals surface area (Å²) in [7, 11) is 0. The molecule has 1 amide bonds. The summed E-state index contributed by atoms with van der Waals surface area (Å²) in [4.78, 5) is 14.1. The Morgan fingerprint density at radius 2 is 2.12 bits per heavy atom. The molecule has 1 aromatic rings. The summed E-state index contributed by atoms with van der Waals surface area (Å²) in [5.74, 6) is 0.0288. The van der Waals surface area contributed by atoms with Crippen molar-refractivity contribution in [3.05, 3.63) is 17.5 Å². The molecule has 2 heterocycles. The van der Waals surface area contributed by atoms with E-state index in [0.717, 1.165) is 25.2 Å². The van der Waals surface area contributed by atoms with Gasteiger partial charge in [-0.3, -0.25) is 9.89 Å². The highest BCUT2D eigenvalue weighted by Crippen LogP contribution is 2.10. The number of nitrogens with one attached hydrogen (secondary N) is 2. The Hall–Kier alpha value is -1.36. The molecule has 94 valence electrons. The van der Waals surface area contributed by atoms with E-state index in [1.54, 1.807) is 0 Å². The van der Waals surface area contributed by atoms with Gasteiger partial charge >= 0.3 is 0 Å².